The molecule has 0 spiro atoms. The Kier molecular flexibility index (Phi) is 5.09. The van der Waals surface area contributed by atoms with Crippen molar-refractivity contribution in [2.24, 2.45) is 12.5 Å². The first-order chi connectivity index (χ1) is 13.0. The van der Waals surface area contributed by atoms with Crippen molar-refractivity contribution in [1.29, 1.82) is 0 Å². The molecule has 1 atom stereocenters. The first-order valence-corrected chi connectivity index (χ1v) is 9.30. The van der Waals surface area contributed by atoms with E-state index < -0.39 is 11.6 Å². The van der Waals surface area contributed by atoms with Crippen LogP contribution in [0.5, 0.6) is 0 Å². The summed E-state index contributed by atoms with van der Waals surface area (Å²) in [4.78, 5) is 25.3. The summed E-state index contributed by atoms with van der Waals surface area (Å²) in [6.45, 7) is 9.48. The van der Waals surface area contributed by atoms with Crippen LogP contribution in [-0.4, -0.2) is 66.2 Å². The minimum atomic E-state index is -0.915. The number of aromatic nitrogens is 5. The molecular formula is C17H25ClN8O2. The predicted octanol–water partition coefficient (Wildman–Crippen LogP) is 2.61. The molecule has 0 aliphatic carbocycles. The highest BCUT2D eigenvalue weighted by Crippen LogP contribution is 2.40. The molecule has 1 aliphatic rings. The monoisotopic (exact) mass is 408 g/mol. The van der Waals surface area contributed by atoms with E-state index >= 15 is 0 Å². The molecular weight excluding hydrogens is 384 g/mol. The Morgan fingerprint density at radius 3 is 2.61 bits per heavy atom. The quantitative estimate of drug-likeness (QED) is 0.745. The number of piperazine rings is 1. The maximum Gasteiger partial charge on any atom is 0.407 e. The first kappa shape index (κ1) is 20.1. The fraction of sp³-hybridized carbons (Fsp3) is 0.588. The summed E-state index contributed by atoms with van der Waals surface area (Å²) in [7, 11) is 1.72. The topological polar surface area (TPSA) is 112 Å². The standard InChI is InChI=1S/C17H25ClN8O2/c1-16(2,3)17(4)10-25(6-7-26(17)15(27)28)11-8-19-14(18)22-13(11)21-12-9-20-24(5)23-12/h8-9H,6-7,10H2,1-5H3,(H,27,28)(H,19,21,22,23). The lowest BCUT2D eigenvalue weighted by Gasteiger charge is -2.54. The molecule has 2 aromatic rings. The summed E-state index contributed by atoms with van der Waals surface area (Å²) in [6, 6.07) is 0. The second-order valence-corrected chi connectivity index (χ2v) is 8.43. The van der Waals surface area contributed by atoms with Gasteiger partial charge in [0.25, 0.3) is 0 Å². The van der Waals surface area contributed by atoms with Crippen LogP contribution in [-0.2, 0) is 7.05 Å². The number of anilines is 3. The van der Waals surface area contributed by atoms with Crippen molar-refractivity contribution in [2.45, 2.75) is 33.2 Å². The highest BCUT2D eigenvalue weighted by molar-refractivity contribution is 6.28. The van der Waals surface area contributed by atoms with E-state index in [1.807, 2.05) is 27.7 Å². The third kappa shape index (κ3) is 3.68. The average molecular weight is 409 g/mol. The molecule has 11 heteroatoms. The molecule has 0 bridgehead atoms. The van der Waals surface area contributed by atoms with E-state index in [9.17, 15) is 9.90 Å². The maximum atomic E-state index is 11.9. The summed E-state index contributed by atoms with van der Waals surface area (Å²) in [5.41, 5.74) is -0.160. The number of hydrogen-bond donors (Lipinski definition) is 2. The van der Waals surface area contributed by atoms with Gasteiger partial charge in [0.2, 0.25) is 5.28 Å². The van der Waals surface area contributed by atoms with Crippen molar-refractivity contribution in [1.82, 2.24) is 29.9 Å². The first-order valence-electron chi connectivity index (χ1n) is 8.93. The Labute approximate surface area is 168 Å². The molecule has 0 radical (unpaired) electrons. The van der Waals surface area contributed by atoms with E-state index in [4.69, 9.17) is 11.6 Å². The number of nitrogens with one attached hydrogen (secondary N) is 1. The number of aryl methyl sites for hydroxylation is 1. The van der Waals surface area contributed by atoms with Crippen molar-refractivity contribution in [2.75, 3.05) is 29.9 Å². The summed E-state index contributed by atoms with van der Waals surface area (Å²) < 4.78 is 0. The summed E-state index contributed by atoms with van der Waals surface area (Å²) >= 11 is 6.01. The highest BCUT2D eigenvalue weighted by Gasteiger charge is 2.49. The van der Waals surface area contributed by atoms with E-state index in [-0.39, 0.29) is 10.7 Å². The van der Waals surface area contributed by atoms with Gasteiger partial charge in [0, 0.05) is 26.7 Å². The SMILES string of the molecule is Cn1ncc(Nc2nc(Cl)ncc2N2CCN(C(=O)O)C(C)(C(C)(C)C)C2)n1. The van der Waals surface area contributed by atoms with Crippen LogP contribution in [0.2, 0.25) is 5.28 Å². The van der Waals surface area contributed by atoms with Gasteiger partial charge in [0.05, 0.1) is 23.6 Å². The number of amides is 1. The number of carbonyl (C=O) groups is 1. The molecule has 10 nitrogen and oxygen atoms in total. The van der Waals surface area contributed by atoms with E-state index in [1.54, 1.807) is 19.4 Å². The summed E-state index contributed by atoms with van der Waals surface area (Å²) in [5, 5.41) is 21.2. The minimum absolute atomic E-state index is 0.109. The van der Waals surface area contributed by atoms with Crippen LogP contribution in [0, 0.1) is 5.41 Å². The molecule has 1 amide bonds. The van der Waals surface area contributed by atoms with Crippen molar-refractivity contribution in [3.05, 3.63) is 17.7 Å². The van der Waals surface area contributed by atoms with Crippen molar-refractivity contribution in [3.8, 4) is 0 Å². The Morgan fingerprint density at radius 2 is 2.04 bits per heavy atom. The van der Waals surface area contributed by atoms with E-state index in [2.05, 4.69) is 30.4 Å². The molecule has 28 heavy (non-hydrogen) atoms. The van der Waals surface area contributed by atoms with Crippen LogP contribution in [0.15, 0.2) is 12.4 Å². The molecule has 2 aromatic heterocycles. The fourth-order valence-corrected chi connectivity index (χ4v) is 3.49. The minimum Gasteiger partial charge on any atom is -0.465 e. The van der Waals surface area contributed by atoms with Gasteiger partial charge in [-0.25, -0.2) is 9.78 Å². The van der Waals surface area contributed by atoms with Crippen molar-refractivity contribution < 1.29 is 9.90 Å². The zero-order valence-electron chi connectivity index (χ0n) is 16.6. The van der Waals surface area contributed by atoms with Crippen molar-refractivity contribution in [3.63, 3.8) is 0 Å². The molecule has 1 saturated heterocycles. The summed E-state index contributed by atoms with van der Waals surface area (Å²) in [6.07, 6.45) is 2.32. The fourth-order valence-electron chi connectivity index (χ4n) is 3.36. The van der Waals surface area contributed by atoms with E-state index in [1.165, 1.54) is 9.70 Å². The molecule has 0 aromatic carbocycles. The second kappa shape index (κ2) is 7.08. The second-order valence-electron chi connectivity index (χ2n) is 8.10. The molecule has 1 unspecified atom stereocenters. The lowest BCUT2D eigenvalue weighted by molar-refractivity contribution is 0.00747. The molecule has 1 fully saturated rings. The predicted molar refractivity (Wildman–Crippen MR) is 106 cm³/mol. The number of halogens is 1. The molecule has 3 rings (SSSR count). The number of carboxylic acid groups (broad SMARTS) is 1. The van der Waals surface area contributed by atoms with Gasteiger partial charge in [-0.15, -0.1) is 5.10 Å². The van der Waals surface area contributed by atoms with Crippen molar-refractivity contribution >= 4 is 35.0 Å². The largest absolute Gasteiger partial charge is 0.465 e. The van der Waals surface area contributed by atoms with Crippen LogP contribution in [0.4, 0.5) is 22.1 Å². The van der Waals surface area contributed by atoms with Gasteiger partial charge in [-0.1, -0.05) is 20.8 Å². The lowest BCUT2D eigenvalue weighted by Crippen LogP contribution is -2.67. The Hall–Kier alpha value is -2.62. The van der Waals surface area contributed by atoms with Crippen LogP contribution in [0.25, 0.3) is 0 Å². The Balaban J connectivity index is 1.96. The number of rotatable bonds is 3. The van der Waals surface area contributed by atoms with Gasteiger partial charge in [-0.3, -0.25) is 4.90 Å². The zero-order valence-corrected chi connectivity index (χ0v) is 17.4. The van der Waals surface area contributed by atoms with Gasteiger partial charge < -0.3 is 15.3 Å². The molecule has 2 N–H and O–H groups in total. The molecule has 152 valence electrons. The number of nitrogens with zero attached hydrogens (tertiary/aromatic N) is 7. The smallest absolute Gasteiger partial charge is 0.407 e. The maximum absolute atomic E-state index is 11.9. The van der Waals surface area contributed by atoms with Crippen LogP contribution in [0.1, 0.15) is 27.7 Å². The van der Waals surface area contributed by atoms with Gasteiger partial charge in [0.1, 0.15) is 0 Å². The highest BCUT2D eigenvalue weighted by atomic mass is 35.5. The van der Waals surface area contributed by atoms with Gasteiger partial charge in [-0.05, 0) is 23.9 Å². The van der Waals surface area contributed by atoms with Gasteiger partial charge in [0.15, 0.2) is 11.6 Å². The molecule has 3 heterocycles. The van der Waals surface area contributed by atoms with E-state index in [0.717, 1.165) is 5.69 Å². The Morgan fingerprint density at radius 1 is 1.32 bits per heavy atom. The average Bonchev–Trinajstić information content (AvgIpc) is 2.98. The lowest BCUT2D eigenvalue weighted by atomic mass is 9.72. The van der Waals surface area contributed by atoms with Crippen LogP contribution >= 0.6 is 11.6 Å². The van der Waals surface area contributed by atoms with Gasteiger partial charge >= 0.3 is 6.09 Å². The van der Waals surface area contributed by atoms with Crippen LogP contribution < -0.4 is 10.2 Å². The third-order valence-corrected chi connectivity index (χ3v) is 5.64. The third-order valence-electron chi connectivity index (χ3n) is 5.46. The zero-order chi connectivity index (χ0) is 20.7. The van der Waals surface area contributed by atoms with Crippen LogP contribution in [0.3, 0.4) is 0 Å². The normalized spacial score (nSPS) is 20.4. The number of hydrogen-bond acceptors (Lipinski definition) is 7. The molecule has 1 aliphatic heterocycles. The van der Waals surface area contributed by atoms with E-state index in [0.29, 0.717) is 31.3 Å². The Bertz CT molecular complexity index is 880. The van der Waals surface area contributed by atoms with Gasteiger partial charge in [-0.2, -0.15) is 14.9 Å². The summed E-state index contributed by atoms with van der Waals surface area (Å²) in [5.74, 6) is 1.03. The molecule has 0 saturated carbocycles.